The minimum atomic E-state index is -0.221. The highest BCUT2D eigenvalue weighted by Gasteiger charge is 2.29. The van der Waals surface area contributed by atoms with Crippen LogP contribution in [0.25, 0.3) is 0 Å². The Kier molecular flexibility index (Phi) is 5.98. The Balaban J connectivity index is 1.38. The molecule has 160 valence electrons. The lowest BCUT2D eigenvalue weighted by atomic mass is 9.94. The zero-order valence-electron chi connectivity index (χ0n) is 17.5. The van der Waals surface area contributed by atoms with Gasteiger partial charge in [-0.25, -0.2) is 0 Å². The van der Waals surface area contributed by atoms with E-state index in [4.69, 9.17) is 4.74 Å². The minimum absolute atomic E-state index is 0.0645. The van der Waals surface area contributed by atoms with E-state index in [0.717, 1.165) is 51.3 Å². The van der Waals surface area contributed by atoms with Gasteiger partial charge in [-0.15, -0.1) is 0 Å². The molecule has 9 nitrogen and oxygen atoms in total. The quantitative estimate of drug-likeness (QED) is 0.776. The van der Waals surface area contributed by atoms with Gasteiger partial charge in [-0.2, -0.15) is 5.10 Å². The average Bonchev–Trinajstić information content (AvgIpc) is 3.20. The van der Waals surface area contributed by atoms with Crippen LogP contribution in [0.5, 0.6) is 5.75 Å². The number of fused-ring (bicyclic) bond motifs is 1. The number of methoxy groups -OCH3 is 1. The smallest absolute Gasteiger partial charge is 0.270 e. The highest BCUT2D eigenvalue weighted by atomic mass is 16.5. The summed E-state index contributed by atoms with van der Waals surface area (Å²) in [5.74, 6) is 0.697. The molecule has 0 aromatic carbocycles. The Morgan fingerprint density at radius 2 is 2.03 bits per heavy atom. The first-order valence-electron chi connectivity index (χ1n) is 10.4. The highest BCUT2D eigenvalue weighted by Crippen LogP contribution is 2.24. The number of aromatic nitrogens is 3. The zero-order chi connectivity index (χ0) is 21.1. The van der Waals surface area contributed by atoms with Gasteiger partial charge < -0.3 is 19.9 Å². The van der Waals surface area contributed by atoms with Crippen LogP contribution in [-0.4, -0.2) is 83.3 Å². The molecule has 4 rings (SSSR count). The molecule has 2 aliphatic rings. The molecular formula is C21H28N6O3. The number of likely N-dealkylation sites (N-methyl/N-ethyl adjacent to an activating group) is 1. The van der Waals surface area contributed by atoms with Crippen molar-refractivity contribution >= 4 is 11.8 Å². The van der Waals surface area contributed by atoms with Gasteiger partial charge in [-0.3, -0.25) is 19.3 Å². The second kappa shape index (κ2) is 8.83. The SMILES string of the molecule is COc1ccnc(C(=O)NCC2CCn3ncc(C(=O)N4CCN(C)CC4)c3C2)c1. The van der Waals surface area contributed by atoms with Crippen LogP contribution in [0.4, 0.5) is 0 Å². The third-order valence-electron chi connectivity index (χ3n) is 5.95. The third-order valence-corrected chi connectivity index (χ3v) is 5.95. The molecule has 1 saturated heterocycles. The van der Waals surface area contributed by atoms with Crippen LogP contribution in [0.1, 0.15) is 33.0 Å². The summed E-state index contributed by atoms with van der Waals surface area (Å²) in [5.41, 5.74) is 2.01. The first-order valence-corrected chi connectivity index (χ1v) is 10.4. The van der Waals surface area contributed by atoms with Crippen LogP contribution in [-0.2, 0) is 13.0 Å². The number of amides is 2. The molecule has 1 fully saturated rings. The van der Waals surface area contributed by atoms with E-state index >= 15 is 0 Å². The lowest BCUT2D eigenvalue weighted by molar-refractivity contribution is 0.0661. The Hall–Kier alpha value is -2.94. The van der Waals surface area contributed by atoms with E-state index in [2.05, 4.69) is 27.3 Å². The maximum Gasteiger partial charge on any atom is 0.270 e. The second-order valence-electron chi connectivity index (χ2n) is 7.97. The molecule has 2 aliphatic heterocycles. The Bertz CT molecular complexity index is 919. The number of nitrogens with one attached hydrogen (secondary N) is 1. The number of rotatable bonds is 5. The maximum absolute atomic E-state index is 13.0. The van der Waals surface area contributed by atoms with Crippen molar-refractivity contribution in [2.45, 2.75) is 19.4 Å². The first-order chi connectivity index (χ1) is 14.5. The number of aryl methyl sites for hydroxylation is 1. The van der Waals surface area contributed by atoms with Crippen molar-refractivity contribution in [3.63, 3.8) is 0 Å². The Labute approximate surface area is 176 Å². The fourth-order valence-electron chi connectivity index (χ4n) is 4.02. The predicted molar refractivity (Wildman–Crippen MR) is 111 cm³/mol. The topological polar surface area (TPSA) is 92.6 Å². The van der Waals surface area contributed by atoms with Crippen molar-refractivity contribution in [2.75, 3.05) is 46.9 Å². The summed E-state index contributed by atoms with van der Waals surface area (Å²) in [6.45, 7) is 4.55. The summed E-state index contributed by atoms with van der Waals surface area (Å²) >= 11 is 0. The predicted octanol–water partition coefficient (Wildman–Crippen LogP) is 0.667. The van der Waals surface area contributed by atoms with Crippen LogP contribution in [0.15, 0.2) is 24.5 Å². The molecular weight excluding hydrogens is 384 g/mol. The van der Waals surface area contributed by atoms with Crippen molar-refractivity contribution in [3.05, 3.63) is 41.5 Å². The van der Waals surface area contributed by atoms with E-state index in [1.165, 1.54) is 0 Å². The van der Waals surface area contributed by atoms with Crippen LogP contribution in [0.3, 0.4) is 0 Å². The standard InChI is InChI=1S/C21H28N6O3/c1-25-7-9-26(10-8-25)21(29)17-14-24-27-6-4-15(11-19(17)27)13-23-20(28)18-12-16(30-2)3-5-22-18/h3,5,12,14-15H,4,6-11,13H2,1-2H3,(H,23,28). The number of nitrogens with zero attached hydrogens (tertiary/aromatic N) is 5. The lowest BCUT2D eigenvalue weighted by Crippen LogP contribution is -2.47. The van der Waals surface area contributed by atoms with Gasteiger partial charge >= 0.3 is 0 Å². The molecule has 0 aliphatic carbocycles. The number of carbonyl (C=O) groups is 2. The Morgan fingerprint density at radius 1 is 1.23 bits per heavy atom. The van der Waals surface area contributed by atoms with Crippen molar-refractivity contribution in [1.29, 1.82) is 0 Å². The van der Waals surface area contributed by atoms with E-state index < -0.39 is 0 Å². The largest absolute Gasteiger partial charge is 0.497 e. The van der Waals surface area contributed by atoms with Gasteiger partial charge in [0, 0.05) is 51.5 Å². The summed E-state index contributed by atoms with van der Waals surface area (Å²) in [6.07, 6.45) is 4.89. The summed E-state index contributed by atoms with van der Waals surface area (Å²) in [7, 11) is 3.63. The molecule has 1 unspecified atom stereocenters. The molecule has 2 amide bonds. The molecule has 1 atom stereocenters. The molecule has 30 heavy (non-hydrogen) atoms. The normalized spacial score (nSPS) is 19.3. The minimum Gasteiger partial charge on any atom is -0.497 e. The summed E-state index contributed by atoms with van der Waals surface area (Å²) in [5, 5.41) is 7.40. The van der Waals surface area contributed by atoms with Crippen LogP contribution in [0, 0.1) is 5.92 Å². The van der Waals surface area contributed by atoms with Gasteiger partial charge in [0.15, 0.2) is 0 Å². The molecule has 0 bridgehead atoms. The van der Waals surface area contributed by atoms with Crippen molar-refractivity contribution < 1.29 is 14.3 Å². The maximum atomic E-state index is 13.0. The van der Waals surface area contributed by atoms with Gasteiger partial charge in [0.1, 0.15) is 11.4 Å². The molecule has 9 heteroatoms. The number of ether oxygens (including phenoxy) is 1. The molecule has 0 saturated carbocycles. The van der Waals surface area contributed by atoms with Gasteiger partial charge in [-0.1, -0.05) is 0 Å². The third kappa shape index (κ3) is 4.30. The first kappa shape index (κ1) is 20.3. The van der Waals surface area contributed by atoms with Gasteiger partial charge in [0.25, 0.3) is 11.8 Å². The number of hydrogen-bond acceptors (Lipinski definition) is 6. The van der Waals surface area contributed by atoms with Gasteiger partial charge in [0.05, 0.1) is 24.6 Å². The summed E-state index contributed by atoms with van der Waals surface area (Å²) in [6, 6.07) is 3.33. The fourth-order valence-corrected chi connectivity index (χ4v) is 4.02. The van der Waals surface area contributed by atoms with Crippen molar-refractivity contribution in [3.8, 4) is 5.75 Å². The van der Waals surface area contributed by atoms with Crippen LogP contribution in [0.2, 0.25) is 0 Å². The van der Waals surface area contributed by atoms with Crippen molar-refractivity contribution in [1.82, 2.24) is 29.9 Å². The second-order valence-corrected chi connectivity index (χ2v) is 7.97. The van der Waals surface area contributed by atoms with Crippen LogP contribution >= 0.6 is 0 Å². The summed E-state index contributed by atoms with van der Waals surface area (Å²) < 4.78 is 7.09. The molecule has 2 aromatic rings. The lowest BCUT2D eigenvalue weighted by Gasteiger charge is -2.32. The average molecular weight is 412 g/mol. The van der Waals surface area contributed by atoms with E-state index in [-0.39, 0.29) is 17.7 Å². The Morgan fingerprint density at radius 3 is 2.80 bits per heavy atom. The molecule has 2 aromatic heterocycles. The van der Waals surface area contributed by atoms with Gasteiger partial charge in [-0.05, 0) is 31.9 Å². The van der Waals surface area contributed by atoms with Crippen molar-refractivity contribution in [2.24, 2.45) is 5.92 Å². The highest BCUT2D eigenvalue weighted by molar-refractivity contribution is 5.95. The number of pyridine rings is 1. The molecule has 1 N–H and O–H groups in total. The van der Waals surface area contributed by atoms with E-state index in [0.29, 0.717) is 23.6 Å². The number of piperazine rings is 1. The zero-order valence-corrected chi connectivity index (χ0v) is 17.5. The summed E-state index contributed by atoms with van der Waals surface area (Å²) in [4.78, 5) is 33.7. The fraction of sp³-hybridized carbons (Fsp3) is 0.524. The van der Waals surface area contributed by atoms with E-state index in [1.54, 1.807) is 31.6 Å². The monoisotopic (exact) mass is 412 g/mol. The molecule has 4 heterocycles. The van der Waals surface area contributed by atoms with E-state index in [9.17, 15) is 9.59 Å². The molecule has 0 radical (unpaired) electrons. The van der Waals surface area contributed by atoms with Crippen LogP contribution < -0.4 is 10.1 Å². The number of carbonyl (C=O) groups excluding carboxylic acids is 2. The molecule has 0 spiro atoms. The van der Waals surface area contributed by atoms with E-state index in [1.807, 2.05) is 9.58 Å². The van der Waals surface area contributed by atoms with Gasteiger partial charge in [0.2, 0.25) is 0 Å². The number of hydrogen-bond donors (Lipinski definition) is 1.